The van der Waals surface area contributed by atoms with Crippen molar-refractivity contribution < 1.29 is 14.3 Å². The molecule has 0 spiro atoms. The second-order valence-electron chi connectivity index (χ2n) is 5.93. The molecule has 124 valence electrons. The van der Waals surface area contributed by atoms with Crippen LogP contribution in [0.5, 0.6) is 5.75 Å². The summed E-state index contributed by atoms with van der Waals surface area (Å²) < 4.78 is 13.1. The van der Waals surface area contributed by atoms with Crippen molar-refractivity contribution in [2.75, 3.05) is 20.3 Å². The van der Waals surface area contributed by atoms with Crippen molar-refractivity contribution in [1.29, 1.82) is 0 Å². The van der Waals surface area contributed by atoms with Crippen LogP contribution in [0.1, 0.15) is 25.7 Å². The van der Waals surface area contributed by atoms with Gasteiger partial charge in [-0.15, -0.1) is 0 Å². The number of ether oxygens (including phenoxy) is 2. The Morgan fingerprint density at radius 3 is 3.09 bits per heavy atom. The molecule has 0 radical (unpaired) electrons. The average Bonchev–Trinajstić information content (AvgIpc) is 2.90. The second-order valence-corrected chi connectivity index (χ2v) is 5.93. The molecule has 1 aromatic carbocycles. The summed E-state index contributed by atoms with van der Waals surface area (Å²) >= 11 is 0. The van der Waals surface area contributed by atoms with Crippen LogP contribution in [-0.2, 0) is 11.3 Å². The molecule has 7 heteroatoms. The van der Waals surface area contributed by atoms with E-state index >= 15 is 0 Å². The summed E-state index contributed by atoms with van der Waals surface area (Å²) in [7, 11) is 1.65. The predicted molar refractivity (Wildman–Crippen MR) is 86.6 cm³/mol. The van der Waals surface area contributed by atoms with Crippen molar-refractivity contribution in [3.63, 3.8) is 0 Å². The van der Waals surface area contributed by atoms with Crippen LogP contribution in [0.15, 0.2) is 18.2 Å². The van der Waals surface area contributed by atoms with Crippen molar-refractivity contribution in [3.8, 4) is 5.75 Å². The topological polar surface area (TPSA) is 77.4 Å². The van der Waals surface area contributed by atoms with Crippen LogP contribution in [-0.4, -0.2) is 41.9 Å². The van der Waals surface area contributed by atoms with Gasteiger partial charge in [0.15, 0.2) is 0 Å². The van der Waals surface area contributed by atoms with Crippen LogP contribution in [0.3, 0.4) is 0 Å². The van der Waals surface area contributed by atoms with Crippen molar-refractivity contribution in [2.24, 2.45) is 0 Å². The number of imidazole rings is 1. The highest BCUT2D eigenvalue weighted by Gasteiger charge is 2.24. The monoisotopic (exact) mass is 318 g/mol. The van der Waals surface area contributed by atoms with Crippen LogP contribution < -0.4 is 15.4 Å². The van der Waals surface area contributed by atoms with Gasteiger partial charge in [-0.25, -0.2) is 9.78 Å². The van der Waals surface area contributed by atoms with Gasteiger partial charge >= 0.3 is 6.03 Å². The first-order chi connectivity index (χ1) is 11.1. The van der Waals surface area contributed by atoms with Gasteiger partial charge in [0, 0.05) is 18.7 Å². The highest BCUT2D eigenvalue weighted by atomic mass is 16.5. The normalized spacial score (nSPS) is 17.1. The molecule has 0 aliphatic carbocycles. The number of nitrogens with zero attached hydrogens (tertiary/aromatic N) is 2. The zero-order valence-corrected chi connectivity index (χ0v) is 13.6. The van der Waals surface area contributed by atoms with Crippen molar-refractivity contribution >= 4 is 17.1 Å². The Balaban J connectivity index is 1.84. The largest absolute Gasteiger partial charge is 0.497 e. The maximum absolute atomic E-state index is 11.8. The Bertz CT molecular complexity index is 711. The molecule has 0 saturated heterocycles. The van der Waals surface area contributed by atoms with Crippen molar-refractivity contribution in [3.05, 3.63) is 24.0 Å². The molecule has 0 fully saturated rings. The number of urea groups is 1. The van der Waals surface area contributed by atoms with Gasteiger partial charge in [0.1, 0.15) is 18.2 Å². The van der Waals surface area contributed by atoms with E-state index in [1.54, 1.807) is 7.11 Å². The second kappa shape index (κ2) is 6.45. The molecule has 2 heterocycles. The number of amides is 2. The van der Waals surface area contributed by atoms with Gasteiger partial charge in [0.2, 0.25) is 0 Å². The van der Waals surface area contributed by atoms with E-state index < -0.39 is 0 Å². The molecular formula is C16H22N4O3. The number of hydrogen-bond donors (Lipinski definition) is 2. The zero-order valence-electron chi connectivity index (χ0n) is 13.6. The molecule has 0 unspecified atom stereocenters. The Morgan fingerprint density at radius 1 is 1.52 bits per heavy atom. The Hall–Kier alpha value is -2.28. The fraction of sp³-hybridized carbons (Fsp3) is 0.500. The van der Waals surface area contributed by atoms with E-state index in [0.29, 0.717) is 19.8 Å². The molecule has 0 bridgehead atoms. The van der Waals surface area contributed by atoms with E-state index in [1.165, 1.54) is 0 Å². The van der Waals surface area contributed by atoms with Gasteiger partial charge in [-0.1, -0.05) is 0 Å². The summed E-state index contributed by atoms with van der Waals surface area (Å²) in [5.74, 6) is 1.66. The molecule has 2 amide bonds. The fourth-order valence-corrected chi connectivity index (χ4v) is 2.79. The van der Waals surface area contributed by atoms with Gasteiger partial charge in [-0.05, 0) is 26.0 Å². The SMILES string of the molecule is COc1ccc2nc3n(c2c1)[C@@H](CNC(=O)NC(C)C)COC3. The van der Waals surface area contributed by atoms with Gasteiger partial charge in [0.25, 0.3) is 0 Å². The predicted octanol–water partition coefficient (Wildman–Crippen LogP) is 1.82. The van der Waals surface area contributed by atoms with E-state index in [1.807, 2.05) is 32.0 Å². The maximum atomic E-state index is 11.8. The van der Waals surface area contributed by atoms with Crippen LogP contribution >= 0.6 is 0 Å². The fourth-order valence-electron chi connectivity index (χ4n) is 2.79. The summed E-state index contributed by atoms with van der Waals surface area (Å²) in [5.41, 5.74) is 1.90. The molecular weight excluding hydrogens is 296 g/mol. The quantitative estimate of drug-likeness (QED) is 0.901. The van der Waals surface area contributed by atoms with Gasteiger partial charge in [0.05, 0.1) is 30.8 Å². The van der Waals surface area contributed by atoms with Gasteiger partial charge < -0.3 is 24.7 Å². The third-order valence-corrected chi connectivity index (χ3v) is 3.79. The smallest absolute Gasteiger partial charge is 0.315 e. The molecule has 2 aromatic rings. The molecule has 7 nitrogen and oxygen atoms in total. The zero-order chi connectivity index (χ0) is 16.4. The van der Waals surface area contributed by atoms with Crippen LogP contribution in [0.4, 0.5) is 4.79 Å². The standard InChI is InChI=1S/C16H22N4O3/c1-10(2)18-16(21)17-7-11-8-23-9-15-19-13-5-4-12(22-3)6-14(13)20(11)15/h4-6,10-11H,7-9H2,1-3H3,(H2,17,18,21)/t11-/m0/s1. The Morgan fingerprint density at radius 2 is 2.35 bits per heavy atom. The maximum Gasteiger partial charge on any atom is 0.315 e. The summed E-state index contributed by atoms with van der Waals surface area (Å²) in [5, 5.41) is 5.72. The van der Waals surface area contributed by atoms with E-state index in [-0.39, 0.29) is 18.1 Å². The molecule has 23 heavy (non-hydrogen) atoms. The number of methoxy groups -OCH3 is 1. The minimum absolute atomic E-state index is 0.00812. The molecule has 1 atom stereocenters. The van der Waals surface area contributed by atoms with Gasteiger partial charge in [-0.3, -0.25) is 0 Å². The van der Waals surface area contributed by atoms with Crippen LogP contribution in [0, 0.1) is 0 Å². The number of rotatable bonds is 4. The van der Waals surface area contributed by atoms with E-state index in [2.05, 4.69) is 20.2 Å². The number of benzene rings is 1. The minimum atomic E-state index is -0.172. The highest BCUT2D eigenvalue weighted by Crippen LogP contribution is 2.28. The van der Waals surface area contributed by atoms with E-state index in [4.69, 9.17) is 9.47 Å². The van der Waals surface area contributed by atoms with Crippen molar-refractivity contribution in [2.45, 2.75) is 32.5 Å². The average molecular weight is 318 g/mol. The lowest BCUT2D eigenvalue weighted by molar-refractivity contribution is 0.0572. The highest BCUT2D eigenvalue weighted by molar-refractivity contribution is 5.78. The lowest BCUT2D eigenvalue weighted by atomic mass is 10.2. The van der Waals surface area contributed by atoms with E-state index in [0.717, 1.165) is 22.6 Å². The first kappa shape index (κ1) is 15.6. The molecule has 3 rings (SSSR count). The number of aromatic nitrogens is 2. The molecule has 1 aliphatic rings. The molecule has 2 N–H and O–H groups in total. The van der Waals surface area contributed by atoms with Gasteiger partial charge in [-0.2, -0.15) is 0 Å². The van der Waals surface area contributed by atoms with E-state index in [9.17, 15) is 4.79 Å². The Kier molecular flexibility index (Phi) is 4.38. The number of carbonyl (C=O) groups is 1. The summed E-state index contributed by atoms with van der Waals surface area (Å²) in [4.78, 5) is 16.4. The molecule has 1 aliphatic heterocycles. The first-order valence-electron chi connectivity index (χ1n) is 7.75. The lowest BCUT2D eigenvalue weighted by Crippen LogP contribution is -2.43. The molecule has 1 aromatic heterocycles. The third-order valence-electron chi connectivity index (χ3n) is 3.79. The first-order valence-corrected chi connectivity index (χ1v) is 7.75. The molecule has 0 saturated carbocycles. The van der Waals surface area contributed by atoms with Crippen LogP contribution in [0.25, 0.3) is 11.0 Å². The number of hydrogen-bond acceptors (Lipinski definition) is 4. The number of nitrogens with one attached hydrogen (secondary N) is 2. The summed E-state index contributed by atoms with van der Waals surface area (Å²) in [6.07, 6.45) is 0. The number of carbonyl (C=O) groups excluding carboxylic acids is 1. The van der Waals surface area contributed by atoms with Crippen molar-refractivity contribution in [1.82, 2.24) is 20.2 Å². The number of fused-ring (bicyclic) bond motifs is 3. The lowest BCUT2D eigenvalue weighted by Gasteiger charge is -2.26. The summed E-state index contributed by atoms with van der Waals surface area (Å²) in [6.45, 7) is 5.35. The third kappa shape index (κ3) is 3.24. The van der Waals surface area contributed by atoms with Crippen LogP contribution in [0.2, 0.25) is 0 Å². The summed E-state index contributed by atoms with van der Waals surface area (Å²) in [6, 6.07) is 5.74. The Labute approximate surface area is 135 Å². The minimum Gasteiger partial charge on any atom is -0.497 e.